The molecule has 0 atom stereocenters. The minimum absolute atomic E-state index is 0.0136. The zero-order valence-electron chi connectivity index (χ0n) is 19.2. The predicted octanol–water partition coefficient (Wildman–Crippen LogP) is 5.11. The molecule has 0 fully saturated rings. The Hall–Kier alpha value is -4.54. The summed E-state index contributed by atoms with van der Waals surface area (Å²) >= 11 is 0. The van der Waals surface area contributed by atoms with Crippen LogP contribution in [-0.4, -0.2) is 31.1 Å². The minimum Gasteiger partial charge on any atom is -0.462 e. The summed E-state index contributed by atoms with van der Waals surface area (Å²) in [5.41, 5.74) is 14.0. The molecule has 0 unspecified atom stereocenters. The van der Waals surface area contributed by atoms with Gasteiger partial charge in [-0.1, -0.05) is 12.1 Å². The van der Waals surface area contributed by atoms with Crippen molar-refractivity contribution in [2.45, 2.75) is 19.0 Å². The maximum Gasteiger partial charge on any atom is 0.461 e. The lowest BCUT2D eigenvalue weighted by atomic mass is 10.1. The fraction of sp³-hybridized carbons (Fsp3) is 0.154. The second-order valence-electron chi connectivity index (χ2n) is 7.71. The van der Waals surface area contributed by atoms with Gasteiger partial charge in [0.25, 0.3) is 0 Å². The number of hydrogen-bond acceptors (Lipinski definition) is 7. The lowest BCUT2D eigenvalue weighted by molar-refractivity contribution is -0.253. The first-order chi connectivity index (χ1) is 17.5. The molecular weight excluding hydrogens is 496 g/mol. The molecule has 0 bridgehead atoms. The van der Waals surface area contributed by atoms with Gasteiger partial charge >= 0.3 is 24.5 Å². The molecule has 3 aromatic rings. The van der Waals surface area contributed by atoms with Gasteiger partial charge < -0.3 is 25.7 Å². The molecule has 7 nitrogen and oxygen atoms in total. The maximum atomic E-state index is 13.0. The van der Waals surface area contributed by atoms with Gasteiger partial charge in [-0.25, -0.2) is 9.59 Å². The molecular formula is C26H22F4N2O5. The van der Waals surface area contributed by atoms with Gasteiger partial charge in [0.2, 0.25) is 0 Å². The normalized spacial score (nSPS) is 11.5. The lowest BCUT2D eigenvalue weighted by Crippen LogP contribution is -2.33. The van der Waals surface area contributed by atoms with E-state index in [0.29, 0.717) is 23.4 Å². The van der Waals surface area contributed by atoms with Crippen molar-refractivity contribution >= 4 is 29.4 Å². The van der Waals surface area contributed by atoms with Crippen molar-refractivity contribution < 1.29 is 41.4 Å². The first-order valence-electron chi connectivity index (χ1n) is 10.8. The molecule has 0 aliphatic rings. The Morgan fingerprint density at radius 3 is 2.08 bits per heavy atom. The molecule has 194 valence electrons. The largest absolute Gasteiger partial charge is 0.462 e. The van der Waals surface area contributed by atoms with E-state index in [4.69, 9.17) is 20.9 Å². The zero-order valence-corrected chi connectivity index (χ0v) is 19.2. The van der Waals surface area contributed by atoms with E-state index in [-0.39, 0.29) is 17.9 Å². The van der Waals surface area contributed by atoms with E-state index >= 15 is 0 Å². The quantitative estimate of drug-likeness (QED) is 0.126. The highest BCUT2D eigenvalue weighted by molar-refractivity contribution is 5.91. The summed E-state index contributed by atoms with van der Waals surface area (Å²) in [6.07, 6.45) is -5.44. The number of halogens is 4. The second-order valence-corrected chi connectivity index (χ2v) is 7.71. The smallest absolute Gasteiger partial charge is 0.461 e. The van der Waals surface area contributed by atoms with Crippen LogP contribution in [0.1, 0.15) is 21.5 Å². The second kappa shape index (κ2) is 11.9. The topological polar surface area (TPSA) is 114 Å². The van der Waals surface area contributed by atoms with Crippen LogP contribution in [0.15, 0.2) is 72.8 Å². The van der Waals surface area contributed by atoms with Gasteiger partial charge in [-0.05, 0) is 71.8 Å². The molecule has 3 aromatic carbocycles. The Kier molecular flexibility index (Phi) is 8.72. The molecule has 3 rings (SSSR count). The highest BCUT2D eigenvalue weighted by atomic mass is 19.3. The van der Waals surface area contributed by atoms with Crippen LogP contribution in [0.4, 0.5) is 28.9 Å². The predicted molar refractivity (Wildman–Crippen MR) is 128 cm³/mol. The van der Waals surface area contributed by atoms with Gasteiger partial charge in [0, 0.05) is 23.9 Å². The van der Waals surface area contributed by atoms with Crippen LogP contribution < -0.4 is 20.9 Å². The Morgan fingerprint density at radius 2 is 1.49 bits per heavy atom. The van der Waals surface area contributed by atoms with Crippen LogP contribution in [0.25, 0.3) is 6.08 Å². The standard InChI is InChI=1S/C26H22F4N2O5/c27-25(28)26(29,30)37-22-8-4-18(5-9-22)24(34)36-21-6-1-16(2-7-21)3-10-23(33)35-12-11-17-13-19(31)15-20(32)14-17/h1-10,13-15,25H,11-12,31-32H2. The Balaban J connectivity index is 1.48. The van der Waals surface area contributed by atoms with Crippen LogP contribution in [0, 0.1) is 0 Å². The number of anilines is 2. The zero-order chi connectivity index (χ0) is 27.0. The van der Waals surface area contributed by atoms with Crippen LogP contribution in [0.5, 0.6) is 11.5 Å². The van der Waals surface area contributed by atoms with Crippen molar-refractivity contribution in [1.29, 1.82) is 0 Å². The fourth-order valence-corrected chi connectivity index (χ4v) is 3.05. The summed E-state index contributed by atoms with van der Waals surface area (Å²) in [6, 6.07) is 15.4. The number of ether oxygens (including phenoxy) is 3. The number of nitrogen functional groups attached to an aromatic ring is 2. The molecule has 0 aromatic heterocycles. The lowest BCUT2D eigenvalue weighted by Gasteiger charge is -2.16. The van der Waals surface area contributed by atoms with Gasteiger partial charge in [0.05, 0.1) is 12.2 Å². The van der Waals surface area contributed by atoms with E-state index in [1.165, 1.54) is 24.3 Å². The average Bonchev–Trinajstić information content (AvgIpc) is 2.83. The summed E-state index contributed by atoms with van der Waals surface area (Å²) in [5.74, 6) is -1.71. The third kappa shape index (κ3) is 8.27. The molecule has 0 saturated heterocycles. The van der Waals surface area contributed by atoms with Crippen molar-refractivity contribution in [2.75, 3.05) is 18.1 Å². The molecule has 37 heavy (non-hydrogen) atoms. The van der Waals surface area contributed by atoms with Gasteiger partial charge in [-0.15, -0.1) is 0 Å². The number of nitrogens with two attached hydrogens (primary N) is 2. The number of benzene rings is 3. The average molecular weight is 518 g/mol. The van der Waals surface area contributed by atoms with Crippen LogP contribution >= 0.6 is 0 Å². The summed E-state index contributed by atoms with van der Waals surface area (Å²) in [4.78, 5) is 24.2. The SMILES string of the molecule is Nc1cc(N)cc(CCOC(=O)C=Cc2ccc(OC(=O)c3ccc(OC(F)(F)C(F)F)cc3)cc2)c1. The van der Waals surface area contributed by atoms with Gasteiger partial charge in [0.1, 0.15) is 11.5 Å². The van der Waals surface area contributed by atoms with Gasteiger partial charge in [-0.3, -0.25) is 0 Å². The molecule has 0 aliphatic heterocycles. The Labute approximate surface area is 209 Å². The molecule has 0 amide bonds. The highest BCUT2D eigenvalue weighted by Gasteiger charge is 2.43. The Morgan fingerprint density at radius 1 is 0.892 bits per heavy atom. The first-order valence-corrected chi connectivity index (χ1v) is 10.8. The molecule has 0 radical (unpaired) electrons. The molecule has 11 heteroatoms. The van der Waals surface area contributed by atoms with E-state index in [0.717, 1.165) is 29.8 Å². The van der Waals surface area contributed by atoms with E-state index in [9.17, 15) is 27.2 Å². The summed E-state index contributed by atoms with van der Waals surface area (Å²) < 4.78 is 64.6. The van der Waals surface area contributed by atoms with Crippen molar-refractivity contribution in [3.8, 4) is 11.5 Å². The fourth-order valence-electron chi connectivity index (χ4n) is 3.05. The first kappa shape index (κ1) is 27.1. The Bertz CT molecular complexity index is 1240. The molecule has 0 aliphatic carbocycles. The van der Waals surface area contributed by atoms with Gasteiger partial charge in [0.15, 0.2) is 0 Å². The minimum atomic E-state index is -4.65. The number of carbonyl (C=O) groups is 2. The number of carbonyl (C=O) groups excluding carboxylic acids is 2. The van der Waals surface area contributed by atoms with Gasteiger partial charge in [-0.2, -0.15) is 17.6 Å². The van der Waals surface area contributed by atoms with Crippen molar-refractivity contribution in [1.82, 2.24) is 0 Å². The van der Waals surface area contributed by atoms with Crippen LogP contribution in [0.3, 0.4) is 0 Å². The van der Waals surface area contributed by atoms with Crippen molar-refractivity contribution in [3.05, 3.63) is 89.5 Å². The maximum absolute atomic E-state index is 13.0. The molecule has 0 saturated carbocycles. The monoisotopic (exact) mass is 518 g/mol. The van der Waals surface area contributed by atoms with E-state index in [1.807, 2.05) is 0 Å². The number of esters is 2. The molecule has 0 spiro atoms. The summed E-state index contributed by atoms with van der Waals surface area (Å²) in [7, 11) is 0. The number of alkyl halides is 4. The van der Waals surface area contributed by atoms with Crippen molar-refractivity contribution in [2.24, 2.45) is 0 Å². The van der Waals surface area contributed by atoms with Crippen LogP contribution in [0.2, 0.25) is 0 Å². The number of rotatable bonds is 10. The third-order valence-electron chi connectivity index (χ3n) is 4.77. The molecule has 0 heterocycles. The highest BCUT2D eigenvalue weighted by Crippen LogP contribution is 2.27. The van der Waals surface area contributed by atoms with E-state index in [1.54, 1.807) is 30.3 Å². The number of hydrogen-bond donors (Lipinski definition) is 2. The van der Waals surface area contributed by atoms with Crippen LogP contribution in [-0.2, 0) is 16.0 Å². The summed E-state index contributed by atoms with van der Waals surface area (Å²) in [5, 5.41) is 0. The third-order valence-corrected chi connectivity index (χ3v) is 4.77. The van der Waals surface area contributed by atoms with E-state index < -0.39 is 30.2 Å². The molecule has 4 N–H and O–H groups in total. The van der Waals surface area contributed by atoms with Crippen molar-refractivity contribution in [3.63, 3.8) is 0 Å². The summed E-state index contributed by atoms with van der Waals surface area (Å²) in [6.45, 7) is 0.142. The van der Waals surface area contributed by atoms with E-state index in [2.05, 4.69) is 4.74 Å².